The minimum absolute atomic E-state index is 0.354. The van der Waals surface area contributed by atoms with Gasteiger partial charge in [0.15, 0.2) is 0 Å². The highest BCUT2D eigenvalue weighted by Gasteiger charge is 2.34. The first-order chi connectivity index (χ1) is 7.16. The topological polar surface area (TPSA) is 17.1 Å². The van der Waals surface area contributed by atoms with Crippen molar-refractivity contribution in [2.45, 2.75) is 51.2 Å². The third kappa shape index (κ3) is 2.77. The van der Waals surface area contributed by atoms with Crippen LogP contribution in [0.5, 0.6) is 0 Å². The molecule has 3 unspecified atom stereocenters. The van der Waals surface area contributed by atoms with Crippen molar-refractivity contribution in [2.24, 2.45) is 17.8 Å². The highest BCUT2D eigenvalue weighted by Crippen LogP contribution is 2.37. The number of carbonyl (C=O) groups is 1. The Kier molecular flexibility index (Phi) is 3.76. The van der Waals surface area contributed by atoms with Crippen LogP contribution in [-0.4, -0.2) is 16.8 Å². The summed E-state index contributed by atoms with van der Waals surface area (Å²) < 4.78 is 0. The van der Waals surface area contributed by atoms with Crippen LogP contribution in [0.25, 0.3) is 0 Å². The molecule has 0 spiro atoms. The molecule has 1 nitrogen and oxygen atoms in total. The zero-order valence-electron chi connectivity index (χ0n) is 9.87. The van der Waals surface area contributed by atoms with E-state index in [1.165, 1.54) is 18.6 Å². The number of rotatable bonds is 2. The molecule has 1 saturated carbocycles. The largest absolute Gasteiger partial charge is 0.298 e. The molecule has 1 aliphatic heterocycles. The van der Waals surface area contributed by atoms with E-state index in [9.17, 15) is 4.79 Å². The molecule has 86 valence electrons. The minimum Gasteiger partial charge on any atom is -0.298 e. The van der Waals surface area contributed by atoms with Crippen LogP contribution in [0.3, 0.4) is 0 Å². The van der Waals surface area contributed by atoms with Crippen molar-refractivity contribution in [3.63, 3.8) is 0 Å². The zero-order chi connectivity index (χ0) is 10.8. The Balaban J connectivity index is 1.93. The van der Waals surface area contributed by atoms with Gasteiger partial charge in [0, 0.05) is 5.92 Å². The fourth-order valence-electron chi connectivity index (χ4n) is 3.24. The van der Waals surface area contributed by atoms with Gasteiger partial charge in [0.1, 0.15) is 5.78 Å². The van der Waals surface area contributed by atoms with Crippen LogP contribution in [0.1, 0.15) is 46.0 Å². The summed E-state index contributed by atoms with van der Waals surface area (Å²) in [7, 11) is 0. The summed E-state index contributed by atoms with van der Waals surface area (Å²) in [5.74, 6) is 3.69. The molecule has 3 atom stereocenters. The van der Waals surface area contributed by atoms with Gasteiger partial charge in [-0.05, 0) is 49.7 Å². The van der Waals surface area contributed by atoms with Gasteiger partial charge in [-0.3, -0.25) is 4.79 Å². The van der Waals surface area contributed by atoms with Crippen molar-refractivity contribution in [1.29, 1.82) is 0 Å². The summed E-state index contributed by atoms with van der Waals surface area (Å²) in [6.45, 7) is 4.61. The molecule has 1 saturated heterocycles. The number of ketones is 1. The van der Waals surface area contributed by atoms with Crippen molar-refractivity contribution >= 4 is 17.5 Å². The summed E-state index contributed by atoms with van der Waals surface area (Å²) >= 11 is 1.90. The van der Waals surface area contributed by atoms with E-state index in [0.717, 1.165) is 31.1 Å². The first kappa shape index (κ1) is 11.5. The maximum absolute atomic E-state index is 12.3. The average Bonchev–Trinajstić information content (AvgIpc) is 2.67. The van der Waals surface area contributed by atoms with E-state index >= 15 is 0 Å². The van der Waals surface area contributed by atoms with E-state index in [-0.39, 0.29) is 0 Å². The van der Waals surface area contributed by atoms with Crippen LogP contribution in [-0.2, 0) is 4.79 Å². The lowest BCUT2D eigenvalue weighted by atomic mass is 9.74. The van der Waals surface area contributed by atoms with E-state index in [2.05, 4.69) is 13.8 Å². The van der Waals surface area contributed by atoms with Gasteiger partial charge in [-0.25, -0.2) is 0 Å². The van der Waals surface area contributed by atoms with Gasteiger partial charge < -0.3 is 0 Å². The van der Waals surface area contributed by atoms with Crippen LogP contribution < -0.4 is 0 Å². The van der Waals surface area contributed by atoms with Crippen molar-refractivity contribution in [3.05, 3.63) is 0 Å². The van der Waals surface area contributed by atoms with Gasteiger partial charge in [0.2, 0.25) is 0 Å². The second kappa shape index (κ2) is 4.90. The first-order valence-electron chi connectivity index (χ1n) is 6.32. The van der Waals surface area contributed by atoms with Crippen molar-refractivity contribution < 1.29 is 4.79 Å². The molecule has 0 amide bonds. The molecule has 0 aromatic carbocycles. The zero-order valence-corrected chi connectivity index (χ0v) is 10.7. The van der Waals surface area contributed by atoms with Gasteiger partial charge in [0.25, 0.3) is 0 Å². The molecule has 2 heteroatoms. The second-order valence-electron chi connectivity index (χ2n) is 5.52. The van der Waals surface area contributed by atoms with Crippen molar-refractivity contribution in [3.8, 4) is 0 Å². The molecular formula is C13H22OS. The van der Waals surface area contributed by atoms with Crippen LogP contribution in [0, 0.1) is 17.8 Å². The normalized spacial score (nSPS) is 41.7. The van der Waals surface area contributed by atoms with Gasteiger partial charge in [-0.2, -0.15) is 11.8 Å². The van der Waals surface area contributed by atoms with E-state index in [1.54, 1.807) is 0 Å². The Bertz CT molecular complexity index is 223. The molecule has 2 aliphatic rings. The number of carbonyl (C=O) groups excluding carboxylic acids is 1. The summed E-state index contributed by atoms with van der Waals surface area (Å²) in [4.78, 5) is 12.3. The maximum atomic E-state index is 12.3. The van der Waals surface area contributed by atoms with Crippen LogP contribution in [0.2, 0.25) is 0 Å². The molecule has 15 heavy (non-hydrogen) atoms. The highest BCUT2D eigenvalue weighted by molar-refractivity contribution is 8.00. The molecule has 0 aromatic heterocycles. The van der Waals surface area contributed by atoms with Gasteiger partial charge in [-0.15, -0.1) is 0 Å². The van der Waals surface area contributed by atoms with Gasteiger partial charge >= 0.3 is 0 Å². The van der Waals surface area contributed by atoms with Gasteiger partial charge in [0.05, 0.1) is 5.25 Å². The predicted molar refractivity (Wildman–Crippen MR) is 66.2 cm³/mol. The first-order valence-corrected chi connectivity index (χ1v) is 7.37. The fraction of sp³-hybridized carbons (Fsp3) is 0.923. The van der Waals surface area contributed by atoms with Crippen molar-refractivity contribution in [1.82, 2.24) is 0 Å². The lowest BCUT2D eigenvalue weighted by molar-refractivity contribution is -0.124. The average molecular weight is 226 g/mol. The summed E-state index contributed by atoms with van der Waals surface area (Å²) in [6, 6.07) is 0. The Morgan fingerprint density at radius 3 is 2.33 bits per heavy atom. The van der Waals surface area contributed by atoms with E-state index < -0.39 is 0 Å². The lowest BCUT2D eigenvalue weighted by Gasteiger charge is -2.31. The molecule has 0 bridgehead atoms. The second-order valence-corrected chi connectivity index (χ2v) is 6.83. The molecule has 1 aliphatic carbocycles. The quantitative estimate of drug-likeness (QED) is 0.716. The smallest absolute Gasteiger partial charge is 0.148 e. The number of thioether (sulfide) groups is 1. The molecule has 1 heterocycles. The van der Waals surface area contributed by atoms with Crippen LogP contribution in [0.4, 0.5) is 0 Å². The molecule has 2 rings (SSSR count). The maximum Gasteiger partial charge on any atom is 0.148 e. The predicted octanol–water partition coefficient (Wildman–Crippen LogP) is 3.52. The molecule has 0 aromatic rings. The van der Waals surface area contributed by atoms with Crippen LogP contribution in [0.15, 0.2) is 0 Å². The fourth-order valence-corrected chi connectivity index (χ4v) is 4.55. The number of hydrogen-bond donors (Lipinski definition) is 0. The van der Waals surface area contributed by atoms with Crippen molar-refractivity contribution in [2.75, 3.05) is 5.75 Å². The summed E-state index contributed by atoms with van der Waals surface area (Å²) in [5, 5.41) is 0.354. The van der Waals surface area contributed by atoms with E-state index in [0.29, 0.717) is 17.0 Å². The monoisotopic (exact) mass is 226 g/mol. The Morgan fingerprint density at radius 1 is 1.13 bits per heavy atom. The summed E-state index contributed by atoms with van der Waals surface area (Å²) in [5.41, 5.74) is 0. The summed E-state index contributed by atoms with van der Waals surface area (Å²) in [6.07, 6.45) is 6.02. The third-order valence-electron chi connectivity index (χ3n) is 3.83. The van der Waals surface area contributed by atoms with Gasteiger partial charge in [-0.1, -0.05) is 13.8 Å². The Morgan fingerprint density at radius 2 is 1.80 bits per heavy atom. The molecular weight excluding hydrogens is 204 g/mol. The SMILES string of the molecule is CC1CC(C)CC(C(=O)C2CCCS2)C1. The van der Waals surface area contributed by atoms with E-state index in [4.69, 9.17) is 0 Å². The Labute approximate surface area is 97.4 Å². The highest BCUT2D eigenvalue weighted by atomic mass is 32.2. The Hall–Kier alpha value is 0.0200. The van der Waals surface area contributed by atoms with Crippen LogP contribution >= 0.6 is 11.8 Å². The third-order valence-corrected chi connectivity index (χ3v) is 5.22. The minimum atomic E-state index is 0.354. The molecule has 0 radical (unpaired) electrons. The molecule has 2 fully saturated rings. The van der Waals surface area contributed by atoms with E-state index in [1.807, 2.05) is 11.8 Å². The number of Topliss-reactive ketones (excluding diaryl/α,β-unsaturated/α-hetero) is 1. The molecule has 0 N–H and O–H groups in total. The lowest BCUT2D eigenvalue weighted by Crippen LogP contribution is -2.31. The standard InChI is InChI=1S/C13H22OS/c1-9-6-10(2)8-11(7-9)13(14)12-4-3-5-15-12/h9-12H,3-8H2,1-2H3. The number of hydrogen-bond acceptors (Lipinski definition) is 2.